The van der Waals surface area contributed by atoms with E-state index in [2.05, 4.69) is 12.2 Å². The Morgan fingerprint density at radius 2 is 2.29 bits per heavy atom. The summed E-state index contributed by atoms with van der Waals surface area (Å²) in [5.74, 6) is -0.146. The fraction of sp³-hybridized carbons (Fsp3) is 0.571. The molecule has 3 heteroatoms. The Balaban J connectivity index is 2.08. The van der Waals surface area contributed by atoms with E-state index in [1.807, 2.05) is 12.1 Å². The Morgan fingerprint density at radius 3 is 3.00 bits per heavy atom. The second-order valence-electron chi connectivity index (χ2n) is 4.65. The molecule has 1 fully saturated rings. The predicted octanol–water partition coefficient (Wildman–Crippen LogP) is 2.96. The molecule has 0 aromatic heterocycles. The van der Waals surface area contributed by atoms with Gasteiger partial charge in [-0.1, -0.05) is 19.1 Å². The number of rotatable bonds is 3. The van der Waals surface area contributed by atoms with Crippen molar-refractivity contribution >= 4 is 0 Å². The van der Waals surface area contributed by atoms with Gasteiger partial charge in [-0.3, -0.25) is 0 Å². The lowest BCUT2D eigenvalue weighted by atomic mass is 9.96. The Bertz CT molecular complexity index is 378. The summed E-state index contributed by atoms with van der Waals surface area (Å²) < 4.78 is 19.0. The number of benzene rings is 1. The lowest BCUT2D eigenvalue weighted by Gasteiger charge is -2.30. The van der Waals surface area contributed by atoms with E-state index in [0.717, 1.165) is 31.6 Å². The third-order valence-corrected chi connectivity index (χ3v) is 3.33. The number of nitrogens with one attached hydrogen (secondary N) is 1. The molecule has 0 spiro atoms. The molecule has 0 bridgehead atoms. The van der Waals surface area contributed by atoms with Crippen LogP contribution in [-0.2, 0) is 4.74 Å². The lowest BCUT2D eigenvalue weighted by molar-refractivity contribution is 0.000531. The summed E-state index contributed by atoms with van der Waals surface area (Å²) in [7, 11) is 0. The topological polar surface area (TPSA) is 21.3 Å². The number of aryl methyl sites for hydroxylation is 1. The second kappa shape index (κ2) is 5.61. The van der Waals surface area contributed by atoms with Gasteiger partial charge in [-0.15, -0.1) is 0 Å². The Kier molecular flexibility index (Phi) is 4.13. The van der Waals surface area contributed by atoms with Crippen LogP contribution in [0, 0.1) is 12.7 Å². The molecule has 1 aliphatic rings. The van der Waals surface area contributed by atoms with Gasteiger partial charge in [0.1, 0.15) is 5.82 Å². The SMILES string of the molecule is CCNC1CCOC(c2ccc(F)c(C)c2)C1. The molecular weight excluding hydrogens is 217 g/mol. The summed E-state index contributed by atoms with van der Waals surface area (Å²) in [6.45, 7) is 5.68. The molecule has 1 heterocycles. The fourth-order valence-electron chi connectivity index (χ4n) is 2.37. The maximum Gasteiger partial charge on any atom is 0.126 e. The molecule has 0 aliphatic carbocycles. The van der Waals surface area contributed by atoms with E-state index in [1.165, 1.54) is 6.07 Å². The van der Waals surface area contributed by atoms with Gasteiger partial charge in [-0.2, -0.15) is 0 Å². The molecule has 17 heavy (non-hydrogen) atoms. The van der Waals surface area contributed by atoms with Gasteiger partial charge >= 0.3 is 0 Å². The zero-order valence-electron chi connectivity index (χ0n) is 10.5. The first-order valence-electron chi connectivity index (χ1n) is 6.31. The molecule has 0 amide bonds. The summed E-state index contributed by atoms with van der Waals surface area (Å²) >= 11 is 0. The Morgan fingerprint density at radius 1 is 1.47 bits per heavy atom. The number of ether oxygens (including phenoxy) is 1. The normalized spacial score (nSPS) is 24.9. The molecule has 1 saturated heterocycles. The van der Waals surface area contributed by atoms with Crippen molar-refractivity contribution in [1.29, 1.82) is 0 Å². The minimum absolute atomic E-state index is 0.104. The molecule has 1 N–H and O–H groups in total. The third-order valence-electron chi connectivity index (χ3n) is 3.33. The van der Waals surface area contributed by atoms with Crippen LogP contribution in [0.1, 0.15) is 37.0 Å². The van der Waals surface area contributed by atoms with Gasteiger partial charge in [0.25, 0.3) is 0 Å². The van der Waals surface area contributed by atoms with E-state index in [-0.39, 0.29) is 11.9 Å². The van der Waals surface area contributed by atoms with Crippen LogP contribution in [0.2, 0.25) is 0 Å². The highest BCUT2D eigenvalue weighted by Crippen LogP contribution is 2.29. The average Bonchev–Trinajstić information content (AvgIpc) is 2.33. The van der Waals surface area contributed by atoms with Gasteiger partial charge < -0.3 is 10.1 Å². The quantitative estimate of drug-likeness (QED) is 0.872. The van der Waals surface area contributed by atoms with Crippen molar-refractivity contribution in [2.75, 3.05) is 13.2 Å². The predicted molar refractivity (Wildman–Crippen MR) is 66.5 cm³/mol. The van der Waals surface area contributed by atoms with Gasteiger partial charge in [-0.05, 0) is 43.5 Å². The minimum atomic E-state index is -0.146. The maximum absolute atomic E-state index is 13.2. The summed E-state index contributed by atoms with van der Waals surface area (Å²) in [5, 5.41) is 3.46. The highest BCUT2D eigenvalue weighted by atomic mass is 19.1. The molecule has 2 unspecified atom stereocenters. The Labute approximate surface area is 102 Å². The van der Waals surface area contributed by atoms with Crippen molar-refractivity contribution < 1.29 is 9.13 Å². The zero-order chi connectivity index (χ0) is 12.3. The minimum Gasteiger partial charge on any atom is -0.373 e. The maximum atomic E-state index is 13.2. The van der Waals surface area contributed by atoms with Crippen LogP contribution in [0.3, 0.4) is 0 Å². The molecule has 94 valence electrons. The highest BCUT2D eigenvalue weighted by molar-refractivity contribution is 5.26. The van der Waals surface area contributed by atoms with Crippen LogP contribution in [0.4, 0.5) is 4.39 Å². The van der Waals surface area contributed by atoms with Crippen molar-refractivity contribution in [2.24, 2.45) is 0 Å². The molecule has 1 aromatic rings. The fourth-order valence-corrected chi connectivity index (χ4v) is 2.37. The van der Waals surface area contributed by atoms with E-state index >= 15 is 0 Å². The molecule has 2 rings (SSSR count). The van der Waals surface area contributed by atoms with Crippen LogP contribution < -0.4 is 5.32 Å². The van der Waals surface area contributed by atoms with Gasteiger partial charge in [-0.25, -0.2) is 4.39 Å². The molecular formula is C14H20FNO. The highest BCUT2D eigenvalue weighted by Gasteiger charge is 2.23. The van der Waals surface area contributed by atoms with Crippen molar-refractivity contribution in [3.63, 3.8) is 0 Å². The van der Waals surface area contributed by atoms with E-state index in [9.17, 15) is 4.39 Å². The van der Waals surface area contributed by atoms with Crippen molar-refractivity contribution in [1.82, 2.24) is 5.32 Å². The van der Waals surface area contributed by atoms with Crippen LogP contribution >= 0.6 is 0 Å². The van der Waals surface area contributed by atoms with Crippen LogP contribution in [0.5, 0.6) is 0 Å². The molecule has 1 aromatic carbocycles. The summed E-state index contributed by atoms with van der Waals surface area (Å²) in [6.07, 6.45) is 2.13. The van der Waals surface area contributed by atoms with Crippen molar-refractivity contribution in [3.05, 3.63) is 35.1 Å². The van der Waals surface area contributed by atoms with Gasteiger partial charge in [0.15, 0.2) is 0 Å². The standard InChI is InChI=1S/C14H20FNO/c1-3-16-12-6-7-17-14(9-12)11-4-5-13(15)10(2)8-11/h4-5,8,12,14,16H,3,6-7,9H2,1-2H3. The largest absolute Gasteiger partial charge is 0.373 e. The smallest absolute Gasteiger partial charge is 0.126 e. The first-order chi connectivity index (χ1) is 8.20. The molecule has 0 radical (unpaired) electrons. The molecule has 0 saturated carbocycles. The number of halogens is 1. The summed E-state index contributed by atoms with van der Waals surface area (Å²) in [5.41, 5.74) is 1.78. The van der Waals surface area contributed by atoms with Crippen LogP contribution in [-0.4, -0.2) is 19.2 Å². The van der Waals surface area contributed by atoms with E-state index in [1.54, 1.807) is 6.92 Å². The van der Waals surface area contributed by atoms with Crippen molar-refractivity contribution in [2.45, 2.75) is 38.8 Å². The van der Waals surface area contributed by atoms with Gasteiger partial charge in [0, 0.05) is 12.6 Å². The Hall–Kier alpha value is -0.930. The summed E-state index contributed by atoms with van der Waals surface area (Å²) in [6, 6.07) is 5.78. The van der Waals surface area contributed by atoms with Gasteiger partial charge in [0.05, 0.1) is 6.10 Å². The van der Waals surface area contributed by atoms with Crippen LogP contribution in [0.25, 0.3) is 0 Å². The summed E-state index contributed by atoms with van der Waals surface area (Å²) in [4.78, 5) is 0. The lowest BCUT2D eigenvalue weighted by Crippen LogP contribution is -2.35. The van der Waals surface area contributed by atoms with E-state index in [4.69, 9.17) is 4.74 Å². The number of hydrogen-bond acceptors (Lipinski definition) is 2. The van der Waals surface area contributed by atoms with E-state index < -0.39 is 0 Å². The molecule has 2 nitrogen and oxygen atoms in total. The van der Waals surface area contributed by atoms with Crippen molar-refractivity contribution in [3.8, 4) is 0 Å². The average molecular weight is 237 g/mol. The van der Waals surface area contributed by atoms with E-state index in [0.29, 0.717) is 11.6 Å². The third kappa shape index (κ3) is 3.05. The van der Waals surface area contributed by atoms with Crippen LogP contribution in [0.15, 0.2) is 18.2 Å². The first kappa shape index (κ1) is 12.5. The second-order valence-corrected chi connectivity index (χ2v) is 4.65. The number of hydrogen-bond donors (Lipinski definition) is 1. The molecule has 2 atom stereocenters. The molecule has 1 aliphatic heterocycles. The first-order valence-corrected chi connectivity index (χ1v) is 6.31. The monoisotopic (exact) mass is 237 g/mol. The zero-order valence-corrected chi connectivity index (χ0v) is 10.5. The van der Waals surface area contributed by atoms with Gasteiger partial charge in [0.2, 0.25) is 0 Å².